The lowest BCUT2D eigenvalue weighted by Gasteiger charge is -2.37. The molecule has 0 aromatic rings. The summed E-state index contributed by atoms with van der Waals surface area (Å²) in [4.78, 5) is 12.7. The Morgan fingerprint density at radius 3 is 2.50 bits per heavy atom. The first-order valence-electron chi connectivity index (χ1n) is 5.64. The first-order chi connectivity index (χ1) is 7.29. The molecule has 1 rings (SSSR count). The van der Waals surface area contributed by atoms with Crippen LogP contribution in [0.3, 0.4) is 0 Å². The fourth-order valence-electron chi connectivity index (χ4n) is 2.23. The maximum absolute atomic E-state index is 12.4. The Labute approximate surface area is 93.8 Å². The average Bonchev–Trinajstić information content (AvgIpc) is 2.12. The molecule has 0 spiro atoms. The fraction of sp³-hybridized carbons (Fsp3) is 0.909. The molecular formula is C11H18F3NO. The Kier molecular flexibility index (Phi) is 4.35. The number of Topliss-reactive ketones (excluding diaryl/α,β-unsaturated/α-hetero) is 1. The number of alkyl halides is 3. The van der Waals surface area contributed by atoms with Crippen LogP contribution < -0.4 is 0 Å². The van der Waals surface area contributed by atoms with Gasteiger partial charge in [0.05, 0.1) is 6.54 Å². The minimum Gasteiger partial charge on any atom is -0.300 e. The van der Waals surface area contributed by atoms with E-state index in [0.29, 0.717) is 19.3 Å². The summed E-state index contributed by atoms with van der Waals surface area (Å²) in [5.74, 6) is 0.0871. The molecule has 0 heterocycles. The Balaban J connectivity index is 2.65. The van der Waals surface area contributed by atoms with E-state index in [1.165, 1.54) is 4.90 Å². The molecule has 0 N–H and O–H groups in total. The summed E-state index contributed by atoms with van der Waals surface area (Å²) in [5, 5.41) is 0. The van der Waals surface area contributed by atoms with Gasteiger partial charge in [0.25, 0.3) is 0 Å². The number of carbonyl (C=O) groups excluding carboxylic acids is 1. The highest BCUT2D eigenvalue weighted by molar-refractivity contribution is 5.79. The molecule has 0 bridgehead atoms. The third kappa shape index (κ3) is 4.12. The van der Waals surface area contributed by atoms with Gasteiger partial charge in [-0.3, -0.25) is 9.69 Å². The number of hydrogen-bond donors (Lipinski definition) is 0. The van der Waals surface area contributed by atoms with Gasteiger partial charge in [-0.25, -0.2) is 0 Å². The predicted molar refractivity (Wildman–Crippen MR) is 55.2 cm³/mol. The summed E-state index contributed by atoms with van der Waals surface area (Å²) in [5.41, 5.74) is 0. The summed E-state index contributed by atoms with van der Waals surface area (Å²) in [7, 11) is 0. The van der Waals surface area contributed by atoms with Crippen molar-refractivity contribution in [2.75, 3.05) is 6.54 Å². The zero-order valence-corrected chi connectivity index (χ0v) is 9.68. The third-order valence-corrected chi connectivity index (χ3v) is 2.95. The summed E-state index contributed by atoms with van der Waals surface area (Å²) in [6.07, 6.45) is -1.99. The molecule has 1 aliphatic rings. The Morgan fingerprint density at radius 2 is 2.06 bits per heavy atom. The highest BCUT2D eigenvalue weighted by atomic mass is 19.4. The van der Waals surface area contributed by atoms with Gasteiger partial charge >= 0.3 is 6.18 Å². The molecule has 94 valence electrons. The van der Waals surface area contributed by atoms with Crippen LogP contribution in [0.2, 0.25) is 0 Å². The van der Waals surface area contributed by atoms with Crippen molar-refractivity contribution in [3.05, 3.63) is 0 Å². The van der Waals surface area contributed by atoms with Gasteiger partial charge in [-0.05, 0) is 26.7 Å². The van der Waals surface area contributed by atoms with Crippen LogP contribution in [0.1, 0.15) is 39.5 Å². The maximum Gasteiger partial charge on any atom is 0.401 e. The largest absolute Gasteiger partial charge is 0.401 e. The van der Waals surface area contributed by atoms with Crippen molar-refractivity contribution < 1.29 is 18.0 Å². The number of carbonyl (C=O) groups is 1. The topological polar surface area (TPSA) is 20.3 Å². The Morgan fingerprint density at radius 1 is 1.44 bits per heavy atom. The molecular weight excluding hydrogens is 219 g/mol. The number of hydrogen-bond acceptors (Lipinski definition) is 2. The number of halogens is 3. The van der Waals surface area contributed by atoms with E-state index in [1.54, 1.807) is 13.8 Å². The molecule has 0 radical (unpaired) electrons. The van der Waals surface area contributed by atoms with Crippen LogP contribution >= 0.6 is 0 Å². The number of nitrogens with zero attached hydrogens (tertiary/aromatic N) is 1. The van der Waals surface area contributed by atoms with Crippen molar-refractivity contribution in [2.45, 2.75) is 57.8 Å². The summed E-state index contributed by atoms with van der Waals surface area (Å²) in [6.45, 7) is 2.57. The molecule has 1 saturated carbocycles. The van der Waals surface area contributed by atoms with E-state index in [4.69, 9.17) is 0 Å². The van der Waals surface area contributed by atoms with Crippen molar-refractivity contribution in [1.82, 2.24) is 4.90 Å². The smallest absolute Gasteiger partial charge is 0.300 e. The minimum atomic E-state index is -4.19. The van der Waals surface area contributed by atoms with E-state index in [2.05, 4.69) is 0 Å². The van der Waals surface area contributed by atoms with Gasteiger partial charge in [0.15, 0.2) is 0 Å². The van der Waals surface area contributed by atoms with Crippen molar-refractivity contribution in [3.8, 4) is 0 Å². The monoisotopic (exact) mass is 237 g/mol. The van der Waals surface area contributed by atoms with E-state index in [9.17, 15) is 18.0 Å². The van der Waals surface area contributed by atoms with Crippen molar-refractivity contribution >= 4 is 5.78 Å². The molecule has 0 amide bonds. The second-order valence-corrected chi connectivity index (χ2v) is 4.67. The molecule has 5 heteroatoms. The quantitative estimate of drug-likeness (QED) is 0.752. The molecule has 0 aromatic heterocycles. The highest BCUT2D eigenvalue weighted by Gasteiger charge is 2.36. The molecule has 0 aromatic carbocycles. The van der Waals surface area contributed by atoms with Crippen molar-refractivity contribution in [3.63, 3.8) is 0 Å². The van der Waals surface area contributed by atoms with Crippen LogP contribution in [0.25, 0.3) is 0 Å². The van der Waals surface area contributed by atoms with E-state index < -0.39 is 12.7 Å². The molecule has 1 atom stereocenters. The average molecular weight is 237 g/mol. The Bertz CT molecular complexity index is 250. The zero-order chi connectivity index (χ0) is 12.3. The third-order valence-electron chi connectivity index (χ3n) is 2.95. The van der Waals surface area contributed by atoms with Crippen molar-refractivity contribution in [1.29, 1.82) is 0 Å². The molecule has 0 aliphatic heterocycles. The second-order valence-electron chi connectivity index (χ2n) is 4.67. The van der Waals surface area contributed by atoms with Gasteiger partial charge in [-0.2, -0.15) is 13.2 Å². The van der Waals surface area contributed by atoms with E-state index >= 15 is 0 Å². The second kappa shape index (κ2) is 5.17. The summed E-state index contributed by atoms with van der Waals surface area (Å²) in [6, 6.07) is -0.416. The summed E-state index contributed by atoms with van der Waals surface area (Å²) < 4.78 is 37.2. The van der Waals surface area contributed by atoms with Crippen LogP contribution in [-0.2, 0) is 4.79 Å². The standard InChI is InChI=1S/C11H18F3NO/c1-8(2)15(7-11(12,13)14)9-4-3-5-10(16)6-9/h8-9H,3-7H2,1-2H3. The van der Waals surface area contributed by atoms with Crippen LogP contribution in [0.15, 0.2) is 0 Å². The normalized spacial score (nSPS) is 23.2. The first-order valence-corrected chi connectivity index (χ1v) is 5.64. The van der Waals surface area contributed by atoms with E-state index in [1.807, 2.05) is 0 Å². The van der Waals surface area contributed by atoms with Gasteiger partial charge in [0.2, 0.25) is 0 Å². The van der Waals surface area contributed by atoms with Gasteiger partial charge in [-0.15, -0.1) is 0 Å². The molecule has 2 nitrogen and oxygen atoms in total. The van der Waals surface area contributed by atoms with Gasteiger partial charge in [-0.1, -0.05) is 0 Å². The molecule has 1 unspecified atom stereocenters. The summed E-state index contributed by atoms with van der Waals surface area (Å²) >= 11 is 0. The fourth-order valence-corrected chi connectivity index (χ4v) is 2.23. The van der Waals surface area contributed by atoms with Crippen molar-refractivity contribution in [2.24, 2.45) is 0 Å². The Hall–Kier alpha value is -0.580. The lowest BCUT2D eigenvalue weighted by molar-refractivity contribution is -0.158. The highest BCUT2D eigenvalue weighted by Crippen LogP contribution is 2.26. The maximum atomic E-state index is 12.4. The lowest BCUT2D eigenvalue weighted by atomic mass is 9.92. The zero-order valence-electron chi connectivity index (χ0n) is 9.68. The van der Waals surface area contributed by atoms with Gasteiger partial charge < -0.3 is 0 Å². The number of ketones is 1. The van der Waals surface area contributed by atoms with Gasteiger partial charge in [0, 0.05) is 24.9 Å². The van der Waals surface area contributed by atoms with E-state index in [0.717, 1.165) is 0 Å². The number of rotatable bonds is 3. The predicted octanol–water partition coefficient (Wildman–Crippen LogP) is 2.77. The van der Waals surface area contributed by atoms with Crippen LogP contribution in [0, 0.1) is 0 Å². The minimum absolute atomic E-state index is 0.0871. The van der Waals surface area contributed by atoms with Gasteiger partial charge in [0.1, 0.15) is 5.78 Å². The van der Waals surface area contributed by atoms with E-state index in [-0.39, 0.29) is 24.3 Å². The molecule has 1 aliphatic carbocycles. The van der Waals surface area contributed by atoms with Crippen LogP contribution in [0.5, 0.6) is 0 Å². The van der Waals surface area contributed by atoms with Crippen LogP contribution in [-0.4, -0.2) is 35.5 Å². The SMILES string of the molecule is CC(C)N(CC(F)(F)F)C1CCCC(=O)C1. The molecule has 1 fully saturated rings. The molecule has 0 saturated heterocycles. The van der Waals surface area contributed by atoms with Crippen LogP contribution in [0.4, 0.5) is 13.2 Å². The molecule has 16 heavy (non-hydrogen) atoms. The lowest BCUT2D eigenvalue weighted by Crippen LogP contribution is -2.47. The first kappa shape index (κ1) is 13.5.